The first-order chi connectivity index (χ1) is 8.41. The summed E-state index contributed by atoms with van der Waals surface area (Å²) in [4.78, 5) is 23.3. The van der Waals surface area contributed by atoms with Crippen molar-refractivity contribution in [2.75, 3.05) is 0 Å². The number of hydrogen-bond donors (Lipinski definition) is 2. The van der Waals surface area contributed by atoms with Gasteiger partial charge in [-0.25, -0.2) is 4.79 Å². The Hall–Kier alpha value is -2.04. The van der Waals surface area contributed by atoms with Gasteiger partial charge in [0.1, 0.15) is 11.8 Å². The number of para-hydroxylation sites is 1. The Bertz CT molecular complexity index is 442. The molecular weight excluding hydrogens is 234 g/mol. The first-order valence-electron chi connectivity index (χ1n) is 5.71. The number of aromatic hydroxyl groups is 1. The zero-order valence-corrected chi connectivity index (χ0v) is 10.6. The van der Waals surface area contributed by atoms with Crippen molar-refractivity contribution >= 4 is 11.9 Å². The molecule has 1 atom stereocenters. The molecule has 1 aromatic carbocycles. The molecule has 0 saturated carbocycles. The lowest BCUT2D eigenvalue weighted by atomic mass is 10.2. The van der Waals surface area contributed by atoms with E-state index in [2.05, 4.69) is 5.32 Å². The van der Waals surface area contributed by atoms with E-state index in [9.17, 15) is 14.7 Å². The monoisotopic (exact) mass is 251 g/mol. The maximum Gasteiger partial charge on any atom is 0.328 e. The van der Waals surface area contributed by atoms with Crippen LogP contribution in [0.2, 0.25) is 0 Å². The van der Waals surface area contributed by atoms with Crippen LogP contribution in [0.1, 0.15) is 31.1 Å². The number of phenolic OH excluding ortho intramolecular Hbond substituents is 1. The fourth-order valence-electron chi connectivity index (χ4n) is 1.33. The summed E-state index contributed by atoms with van der Waals surface area (Å²) in [6, 6.07) is 5.37. The van der Waals surface area contributed by atoms with E-state index in [1.807, 2.05) is 0 Å². The average Bonchev–Trinajstić information content (AvgIpc) is 2.28. The number of carbonyl (C=O) groups is 2. The lowest BCUT2D eigenvalue weighted by Gasteiger charge is -2.15. The molecule has 1 rings (SSSR count). The van der Waals surface area contributed by atoms with Gasteiger partial charge in [0, 0.05) is 0 Å². The van der Waals surface area contributed by atoms with Crippen LogP contribution in [0, 0.1) is 0 Å². The molecule has 18 heavy (non-hydrogen) atoms. The lowest BCUT2D eigenvalue weighted by molar-refractivity contribution is -0.149. The summed E-state index contributed by atoms with van der Waals surface area (Å²) in [5.41, 5.74) is 0.127. The Labute approximate surface area is 106 Å². The average molecular weight is 251 g/mol. The van der Waals surface area contributed by atoms with Gasteiger partial charge in [0.15, 0.2) is 0 Å². The molecule has 5 heteroatoms. The van der Waals surface area contributed by atoms with Crippen LogP contribution in [0.3, 0.4) is 0 Å². The summed E-state index contributed by atoms with van der Waals surface area (Å²) < 4.78 is 4.96. The summed E-state index contributed by atoms with van der Waals surface area (Å²) in [7, 11) is 0. The first kappa shape index (κ1) is 14.0. The minimum atomic E-state index is -0.764. The van der Waals surface area contributed by atoms with E-state index in [1.165, 1.54) is 19.1 Å². The third-order valence-corrected chi connectivity index (χ3v) is 2.20. The Morgan fingerprint density at radius 1 is 1.22 bits per heavy atom. The van der Waals surface area contributed by atoms with Gasteiger partial charge in [-0.3, -0.25) is 4.79 Å². The standard InChI is InChI=1S/C13H17NO4/c1-8(2)18-13(17)9(3)14-12(16)10-6-4-5-7-11(10)15/h4-9,15H,1-3H3,(H,14,16)/t9-/m0/s1. The second-order valence-electron chi connectivity index (χ2n) is 4.20. The molecule has 1 amide bonds. The van der Waals surface area contributed by atoms with Crippen molar-refractivity contribution in [3.63, 3.8) is 0 Å². The second kappa shape index (κ2) is 6.05. The van der Waals surface area contributed by atoms with Crippen molar-refractivity contribution in [2.45, 2.75) is 32.9 Å². The maximum atomic E-state index is 11.8. The third kappa shape index (κ3) is 3.76. The van der Waals surface area contributed by atoms with Gasteiger partial charge in [-0.1, -0.05) is 12.1 Å². The van der Waals surface area contributed by atoms with E-state index in [0.29, 0.717) is 0 Å². The number of benzene rings is 1. The van der Waals surface area contributed by atoms with E-state index in [-0.39, 0.29) is 17.4 Å². The van der Waals surface area contributed by atoms with Crippen molar-refractivity contribution in [1.29, 1.82) is 0 Å². The number of carbonyl (C=O) groups excluding carboxylic acids is 2. The molecule has 0 aromatic heterocycles. The van der Waals surface area contributed by atoms with Gasteiger partial charge in [-0.05, 0) is 32.9 Å². The molecule has 0 radical (unpaired) electrons. The van der Waals surface area contributed by atoms with Crippen LogP contribution in [-0.4, -0.2) is 29.1 Å². The molecule has 0 aliphatic rings. The highest BCUT2D eigenvalue weighted by Crippen LogP contribution is 2.15. The number of esters is 1. The Kier molecular flexibility index (Phi) is 4.71. The molecule has 0 saturated heterocycles. The fourth-order valence-corrected chi connectivity index (χ4v) is 1.33. The number of phenols is 1. The topological polar surface area (TPSA) is 75.6 Å². The highest BCUT2D eigenvalue weighted by Gasteiger charge is 2.20. The van der Waals surface area contributed by atoms with Crippen molar-refractivity contribution in [1.82, 2.24) is 5.32 Å². The molecule has 1 aromatic rings. The largest absolute Gasteiger partial charge is 0.507 e. The Balaban J connectivity index is 2.65. The maximum absolute atomic E-state index is 11.8. The molecule has 0 fully saturated rings. The number of hydrogen-bond acceptors (Lipinski definition) is 4. The molecule has 98 valence electrons. The zero-order chi connectivity index (χ0) is 13.7. The molecule has 0 unspecified atom stereocenters. The fraction of sp³-hybridized carbons (Fsp3) is 0.385. The van der Waals surface area contributed by atoms with Gasteiger partial charge in [-0.15, -0.1) is 0 Å². The number of ether oxygens (including phenoxy) is 1. The van der Waals surface area contributed by atoms with Crippen LogP contribution in [0.5, 0.6) is 5.75 Å². The van der Waals surface area contributed by atoms with E-state index in [1.54, 1.807) is 26.0 Å². The summed E-state index contributed by atoms with van der Waals surface area (Å²) in [6.07, 6.45) is -0.234. The summed E-state index contributed by atoms with van der Waals surface area (Å²) in [5.74, 6) is -1.14. The van der Waals surface area contributed by atoms with Gasteiger partial charge >= 0.3 is 5.97 Å². The van der Waals surface area contributed by atoms with Crippen molar-refractivity contribution < 1.29 is 19.4 Å². The minimum absolute atomic E-state index is 0.126. The van der Waals surface area contributed by atoms with Gasteiger partial charge in [0.2, 0.25) is 0 Å². The highest BCUT2D eigenvalue weighted by molar-refractivity contribution is 5.98. The number of nitrogens with one attached hydrogen (secondary N) is 1. The summed E-state index contributed by atoms with van der Waals surface area (Å²) in [5, 5.41) is 12.0. The normalized spacial score (nSPS) is 12.0. The van der Waals surface area contributed by atoms with E-state index >= 15 is 0 Å². The summed E-state index contributed by atoms with van der Waals surface area (Å²) in [6.45, 7) is 4.99. The molecule has 0 aliphatic heterocycles. The smallest absolute Gasteiger partial charge is 0.328 e. The van der Waals surface area contributed by atoms with Crippen LogP contribution < -0.4 is 5.32 Å². The molecule has 0 heterocycles. The van der Waals surface area contributed by atoms with E-state index in [4.69, 9.17) is 4.74 Å². The van der Waals surface area contributed by atoms with Crippen LogP contribution in [-0.2, 0) is 9.53 Å². The third-order valence-electron chi connectivity index (χ3n) is 2.20. The summed E-state index contributed by atoms with van der Waals surface area (Å²) >= 11 is 0. The van der Waals surface area contributed by atoms with Crippen LogP contribution >= 0.6 is 0 Å². The highest BCUT2D eigenvalue weighted by atomic mass is 16.5. The quantitative estimate of drug-likeness (QED) is 0.794. The molecule has 2 N–H and O–H groups in total. The predicted octanol–water partition coefficient (Wildman–Crippen LogP) is 1.46. The van der Waals surface area contributed by atoms with Gasteiger partial charge in [0.05, 0.1) is 11.7 Å². The van der Waals surface area contributed by atoms with Gasteiger partial charge in [-0.2, -0.15) is 0 Å². The van der Waals surface area contributed by atoms with Crippen molar-refractivity contribution in [3.05, 3.63) is 29.8 Å². The molecular formula is C13H17NO4. The van der Waals surface area contributed by atoms with Crippen LogP contribution in [0.4, 0.5) is 0 Å². The first-order valence-corrected chi connectivity index (χ1v) is 5.71. The second-order valence-corrected chi connectivity index (χ2v) is 4.20. The molecule has 5 nitrogen and oxygen atoms in total. The van der Waals surface area contributed by atoms with Crippen LogP contribution in [0.25, 0.3) is 0 Å². The van der Waals surface area contributed by atoms with Crippen molar-refractivity contribution in [2.24, 2.45) is 0 Å². The molecule has 0 aliphatic carbocycles. The lowest BCUT2D eigenvalue weighted by Crippen LogP contribution is -2.40. The molecule has 0 spiro atoms. The number of amides is 1. The van der Waals surface area contributed by atoms with Gasteiger partial charge < -0.3 is 15.2 Å². The predicted molar refractivity (Wildman–Crippen MR) is 66.3 cm³/mol. The minimum Gasteiger partial charge on any atom is -0.507 e. The van der Waals surface area contributed by atoms with E-state index < -0.39 is 17.9 Å². The van der Waals surface area contributed by atoms with Gasteiger partial charge in [0.25, 0.3) is 5.91 Å². The molecule has 0 bridgehead atoms. The van der Waals surface area contributed by atoms with Crippen LogP contribution in [0.15, 0.2) is 24.3 Å². The van der Waals surface area contributed by atoms with Crippen molar-refractivity contribution in [3.8, 4) is 5.75 Å². The zero-order valence-electron chi connectivity index (χ0n) is 10.6. The van der Waals surface area contributed by atoms with E-state index in [0.717, 1.165) is 0 Å². The Morgan fingerprint density at radius 3 is 2.39 bits per heavy atom. The SMILES string of the molecule is CC(C)OC(=O)[C@H](C)NC(=O)c1ccccc1O. The number of rotatable bonds is 4. The Morgan fingerprint density at radius 2 is 1.83 bits per heavy atom.